The van der Waals surface area contributed by atoms with Gasteiger partial charge in [-0.2, -0.15) is 0 Å². The summed E-state index contributed by atoms with van der Waals surface area (Å²) in [4.78, 5) is 24.0. The maximum atomic E-state index is 12.3. The van der Waals surface area contributed by atoms with Crippen molar-refractivity contribution in [1.29, 1.82) is 0 Å². The second-order valence-corrected chi connectivity index (χ2v) is 6.16. The molecule has 2 aromatic rings. The Morgan fingerprint density at radius 2 is 1.69 bits per heavy atom. The van der Waals surface area contributed by atoms with E-state index >= 15 is 0 Å². The number of esters is 1. The van der Waals surface area contributed by atoms with Crippen LogP contribution in [0.5, 0.6) is 0 Å². The van der Waals surface area contributed by atoms with Crippen LogP contribution in [-0.4, -0.2) is 30.2 Å². The standard InChI is InChI=1S/C21H25NO4/c1-3-26-21(25)18-11-9-16(10-12-18)15(2)13-20(24)22-19(14-23)17-7-5-4-6-8-17/h4-12,15,19,23H,3,13-14H2,1-2H3,(H,22,24)/t15-,19+/m0/s1. The molecule has 2 aromatic carbocycles. The van der Waals surface area contributed by atoms with Crippen molar-refractivity contribution >= 4 is 11.9 Å². The molecule has 0 unspecified atom stereocenters. The van der Waals surface area contributed by atoms with Crippen LogP contribution in [0.25, 0.3) is 0 Å². The van der Waals surface area contributed by atoms with Crippen LogP contribution in [0.3, 0.4) is 0 Å². The number of amides is 1. The third-order valence-corrected chi connectivity index (χ3v) is 4.20. The molecule has 5 nitrogen and oxygen atoms in total. The number of ether oxygens (including phenoxy) is 1. The number of hydrogen-bond donors (Lipinski definition) is 2. The number of aliphatic hydroxyl groups excluding tert-OH is 1. The summed E-state index contributed by atoms with van der Waals surface area (Å²) in [5.41, 5.74) is 2.33. The number of nitrogens with one attached hydrogen (secondary N) is 1. The quantitative estimate of drug-likeness (QED) is 0.713. The topological polar surface area (TPSA) is 75.6 Å². The number of carbonyl (C=O) groups is 2. The molecule has 0 heterocycles. The van der Waals surface area contributed by atoms with Crippen LogP contribution < -0.4 is 5.32 Å². The smallest absolute Gasteiger partial charge is 0.338 e. The molecule has 26 heavy (non-hydrogen) atoms. The van der Waals surface area contributed by atoms with E-state index in [2.05, 4.69) is 5.32 Å². The summed E-state index contributed by atoms with van der Waals surface area (Å²) in [5.74, 6) is -0.491. The molecule has 2 rings (SSSR count). The minimum atomic E-state index is -0.415. The van der Waals surface area contributed by atoms with Gasteiger partial charge in [0.1, 0.15) is 0 Å². The van der Waals surface area contributed by atoms with Crippen LogP contribution >= 0.6 is 0 Å². The van der Waals surface area contributed by atoms with E-state index < -0.39 is 6.04 Å². The van der Waals surface area contributed by atoms with E-state index in [1.165, 1.54) is 0 Å². The zero-order valence-corrected chi connectivity index (χ0v) is 15.1. The highest BCUT2D eigenvalue weighted by atomic mass is 16.5. The van der Waals surface area contributed by atoms with Crippen molar-refractivity contribution < 1.29 is 19.4 Å². The van der Waals surface area contributed by atoms with Gasteiger partial charge in [0, 0.05) is 6.42 Å². The van der Waals surface area contributed by atoms with E-state index in [0.29, 0.717) is 18.6 Å². The summed E-state index contributed by atoms with van der Waals surface area (Å²) >= 11 is 0. The monoisotopic (exact) mass is 355 g/mol. The van der Waals surface area contributed by atoms with Crippen LogP contribution in [0.1, 0.15) is 53.7 Å². The van der Waals surface area contributed by atoms with Gasteiger partial charge in [0.2, 0.25) is 5.91 Å². The fourth-order valence-electron chi connectivity index (χ4n) is 2.73. The summed E-state index contributed by atoms with van der Waals surface area (Å²) in [6, 6.07) is 16.1. The summed E-state index contributed by atoms with van der Waals surface area (Å²) in [5, 5.41) is 12.4. The van der Waals surface area contributed by atoms with Crippen molar-refractivity contribution in [3.05, 3.63) is 71.3 Å². The predicted octanol–water partition coefficient (Wildman–Crippen LogP) is 3.21. The Labute approximate surface area is 154 Å². The molecule has 2 N–H and O–H groups in total. The molecule has 0 fully saturated rings. The molecule has 0 aliphatic rings. The third-order valence-electron chi connectivity index (χ3n) is 4.20. The number of hydrogen-bond acceptors (Lipinski definition) is 4. The summed E-state index contributed by atoms with van der Waals surface area (Å²) in [6.07, 6.45) is 0.294. The highest BCUT2D eigenvalue weighted by molar-refractivity contribution is 5.89. The Bertz CT molecular complexity index is 713. The van der Waals surface area contributed by atoms with Crippen LogP contribution in [-0.2, 0) is 9.53 Å². The molecule has 0 aliphatic carbocycles. The lowest BCUT2D eigenvalue weighted by Gasteiger charge is -2.18. The van der Waals surface area contributed by atoms with Crippen molar-refractivity contribution in [2.24, 2.45) is 0 Å². The molecule has 0 aliphatic heterocycles. The molecule has 0 spiro atoms. The second-order valence-electron chi connectivity index (χ2n) is 6.16. The zero-order valence-electron chi connectivity index (χ0n) is 15.1. The molecule has 0 bridgehead atoms. The Balaban J connectivity index is 1.94. The molecular weight excluding hydrogens is 330 g/mol. The minimum Gasteiger partial charge on any atom is -0.462 e. The average molecular weight is 355 g/mol. The Morgan fingerprint density at radius 3 is 2.27 bits per heavy atom. The van der Waals surface area contributed by atoms with Gasteiger partial charge < -0.3 is 15.2 Å². The van der Waals surface area contributed by atoms with Crippen molar-refractivity contribution in [1.82, 2.24) is 5.32 Å². The molecule has 0 saturated heterocycles. The molecule has 5 heteroatoms. The second kappa shape index (κ2) is 9.73. The SMILES string of the molecule is CCOC(=O)c1ccc([C@@H](C)CC(=O)N[C@H](CO)c2ccccc2)cc1. The number of rotatable bonds is 8. The van der Waals surface area contributed by atoms with Crippen LogP contribution in [0.15, 0.2) is 54.6 Å². The van der Waals surface area contributed by atoms with Gasteiger partial charge in [0.25, 0.3) is 0 Å². The lowest BCUT2D eigenvalue weighted by molar-refractivity contribution is -0.122. The maximum absolute atomic E-state index is 12.3. The Kier molecular flexibility index (Phi) is 7.36. The Hall–Kier alpha value is -2.66. The molecule has 138 valence electrons. The van der Waals surface area contributed by atoms with E-state index in [1.54, 1.807) is 19.1 Å². The predicted molar refractivity (Wildman–Crippen MR) is 99.8 cm³/mol. The van der Waals surface area contributed by atoms with Gasteiger partial charge in [-0.15, -0.1) is 0 Å². The summed E-state index contributed by atoms with van der Waals surface area (Å²) < 4.78 is 4.96. The first-order valence-electron chi connectivity index (χ1n) is 8.77. The lowest BCUT2D eigenvalue weighted by Crippen LogP contribution is -2.31. The van der Waals surface area contributed by atoms with Gasteiger partial charge >= 0.3 is 5.97 Å². The fourth-order valence-corrected chi connectivity index (χ4v) is 2.73. The molecule has 2 atom stereocenters. The molecule has 0 saturated carbocycles. The average Bonchev–Trinajstić information content (AvgIpc) is 2.67. The first-order valence-corrected chi connectivity index (χ1v) is 8.77. The molecule has 0 radical (unpaired) electrons. The summed E-state index contributed by atoms with van der Waals surface area (Å²) in [7, 11) is 0. The van der Waals surface area contributed by atoms with E-state index in [9.17, 15) is 14.7 Å². The van der Waals surface area contributed by atoms with Crippen molar-refractivity contribution in [3.63, 3.8) is 0 Å². The fraction of sp³-hybridized carbons (Fsp3) is 0.333. The van der Waals surface area contributed by atoms with Gasteiger partial charge in [-0.05, 0) is 36.1 Å². The van der Waals surface area contributed by atoms with E-state index in [-0.39, 0.29) is 24.4 Å². The minimum absolute atomic E-state index is 0.0126. The highest BCUT2D eigenvalue weighted by Gasteiger charge is 2.17. The number of carbonyl (C=O) groups excluding carboxylic acids is 2. The number of aliphatic hydroxyl groups is 1. The largest absolute Gasteiger partial charge is 0.462 e. The summed E-state index contributed by atoms with van der Waals surface area (Å²) in [6.45, 7) is 3.90. The van der Waals surface area contributed by atoms with E-state index in [1.807, 2.05) is 49.4 Å². The lowest BCUT2D eigenvalue weighted by atomic mass is 9.96. The van der Waals surface area contributed by atoms with Crippen LogP contribution in [0.4, 0.5) is 0 Å². The molecular formula is C21H25NO4. The normalized spacial score (nSPS) is 12.9. The van der Waals surface area contributed by atoms with Crippen molar-refractivity contribution in [2.45, 2.75) is 32.2 Å². The highest BCUT2D eigenvalue weighted by Crippen LogP contribution is 2.21. The van der Waals surface area contributed by atoms with Crippen LogP contribution in [0, 0.1) is 0 Å². The van der Waals surface area contributed by atoms with Gasteiger partial charge in [0.15, 0.2) is 0 Å². The van der Waals surface area contributed by atoms with Crippen molar-refractivity contribution in [2.75, 3.05) is 13.2 Å². The molecule has 1 amide bonds. The zero-order chi connectivity index (χ0) is 18.9. The van der Waals surface area contributed by atoms with Gasteiger partial charge in [0.05, 0.1) is 24.8 Å². The first kappa shape index (κ1) is 19.7. The molecule has 0 aromatic heterocycles. The maximum Gasteiger partial charge on any atom is 0.338 e. The van der Waals surface area contributed by atoms with Crippen molar-refractivity contribution in [3.8, 4) is 0 Å². The van der Waals surface area contributed by atoms with Gasteiger partial charge in [-0.25, -0.2) is 4.79 Å². The first-order chi connectivity index (χ1) is 12.5. The van der Waals surface area contributed by atoms with E-state index in [0.717, 1.165) is 11.1 Å². The van der Waals surface area contributed by atoms with E-state index in [4.69, 9.17) is 4.74 Å². The Morgan fingerprint density at radius 1 is 1.04 bits per heavy atom. The van der Waals surface area contributed by atoms with Crippen LogP contribution in [0.2, 0.25) is 0 Å². The third kappa shape index (κ3) is 5.43. The number of benzene rings is 2. The van der Waals surface area contributed by atoms with Gasteiger partial charge in [-0.3, -0.25) is 4.79 Å². The van der Waals surface area contributed by atoms with Gasteiger partial charge in [-0.1, -0.05) is 49.4 Å².